The van der Waals surface area contributed by atoms with E-state index >= 15 is 0 Å². The van der Waals surface area contributed by atoms with Crippen LogP contribution in [0.25, 0.3) is 0 Å². The van der Waals surface area contributed by atoms with Crippen LogP contribution < -0.4 is 5.32 Å². The Balaban J connectivity index is 1.44. The maximum Gasteiger partial charge on any atom is 0.321 e. The number of ether oxygens (including phenoxy) is 1. The van der Waals surface area contributed by atoms with Crippen LogP contribution in [-0.4, -0.2) is 33.6 Å². The van der Waals surface area contributed by atoms with Crippen molar-refractivity contribution in [3.05, 3.63) is 48.0 Å². The minimum absolute atomic E-state index is 0.0362. The van der Waals surface area contributed by atoms with Gasteiger partial charge in [0, 0.05) is 31.2 Å². The third-order valence-electron chi connectivity index (χ3n) is 5.09. The molecule has 6 heteroatoms. The van der Waals surface area contributed by atoms with Gasteiger partial charge in [-0.3, -0.25) is 0 Å². The number of hydrogen-bond acceptors (Lipinski definition) is 3. The van der Waals surface area contributed by atoms with Crippen molar-refractivity contribution in [1.29, 1.82) is 0 Å². The van der Waals surface area contributed by atoms with E-state index in [2.05, 4.69) is 21.8 Å². The summed E-state index contributed by atoms with van der Waals surface area (Å²) in [7, 11) is 0. The zero-order chi connectivity index (χ0) is 16.5. The van der Waals surface area contributed by atoms with E-state index < -0.39 is 0 Å². The van der Waals surface area contributed by atoms with Crippen LogP contribution in [0.3, 0.4) is 0 Å². The number of benzene rings is 1. The fourth-order valence-corrected chi connectivity index (χ4v) is 3.54. The van der Waals surface area contributed by atoms with E-state index in [1.165, 1.54) is 5.56 Å². The monoisotopic (exact) mass is 326 g/mol. The molecule has 1 aromatic heterocycles. The number of hydrogen-bond donors (Lipinski definition) is 1. The van der Waals surface area contributed by atoms with Gasteiger partial charge in [0.1, 0.15) is 0 Å². The number of nitrogens with zero attached hydrogens (tertiary/aromatic N) is 3. The summed E-state index contributed by atoms with van der Waals surface area (Å²) >= 11 is 0. The molecule has 1 aromatic carbocycles. The second-order valence-electron chi connectivity index (χ2n) is 6.70. The Kier molecular flexibility index (Phi) is 3.98. The first-order valence-electron chi connectivity index (χ1n) is 8.43. The zero-order valence-corrected chi connectivity index (χ0v) is 13.8. The van der Waals surface area contributed by atoms with E-state index in [0.29, 0.717) is 25.7 Å². The van der Waals surface area contributed by atoms with Crippen LogP contribution in [0.5, 0.6) is 0 Å². The van der Waals surface area contributed by atoms with Crippen molar-refractivity contribution in [1.82, 2.24) is 14.5 Å². The van der Waals surface area contributed by atoms with E-state index in [0.717, 1.165) is 24.2 Å². The Labute approximate surface area is 141 Å². The van der Waals surface area contributed by atoms with Crippen LogP contribution in [0.2, 0.25) is 0 Å². The topological polar surface area (TPSA) is 59.4 Å². The first-order chi connectivity index (χ1) is 11.7. The van der Waals surface area contributed by atoms with Crippen molar-refractivity contribution in [2.75, 3.05) is 18.4 Å². The minimum atomic E-state index is -0.0362. The van der Waals surface area contributed by atoms with Crippen molar-refractivity contribution in [2.24, 2.45) is 5.92 Å². The highest BCUT2D eigenvalue weighted by Crippen LogP contribution is 2.28. The third-order valence-corrected chi connectivity index (χ3v) is 5.09. The van der Waals surface area contributed by atoms with E-state index in [1.807, 2.05) is 35.6 Å². The standard InChI is InChI=1S/C18H22N4O2/c1-13-4-6-21(9-17(13)22-7-5-19-12-22)18(23)20-16-3-2-14-10-24-11-15(14)8-16/h2-3,5,7-8,12-13,17H,4,6,9-11H2,1H3,(H,20,23)/t13-,17+/m0/s1. The van der Waals surface area contributed by atoms with Crippen molar-refractivity contribution in [2.45, 2.75) is 32.6 Å². The van der Waals surface area contributed by atoms with Gasteiger partial charge in [-0.05, 0) is 35.6 Å². The molecule has 2 atom stereocenters. The summed E-state index contributed by atoms with van der Waals surface area (Å²) in [4.78, 5) is 18.7. The number of carbonyl (C=O) groups is 1. The van der Waals surface area contributed by atoms with Crippen molar-refractivity contribution in [3.8, 4) is 0 Å². The number of amides is 2. The van der Waals surface area contributed by atoms with Gasteiger partial charge < -0.3 is 19.5 Å². The number of aromatic nitrogens is 2. The first kappa shape index (κ1) is 15.2. The molecule has 0 saturated carbocycles. The molecule has 1 saturated heterocycles. The fraction of sp³-hybridized carbons (Fsp3) is 0.444. The maximum absolute atomic E-state index is 12.6. The van der Waals surface area contributed by atoms with Crippen molar-refractivity contribution >= 4 is 11.7 Å². The van der Waals surface area contributed by atoms with Gasteiger partial charge in [0.15, 0.2) is 0 Å². The number of piperidine rings is 1. The molecular weight excluding hydrogens is 304 g/mol. The molecular formula is C18H22N4O2. The molecule has 6 nitrogen and oxygen atoms in total. The summed E-state index contributed by atoms with van der Waals surface area (Å²) in [6.07, 6.45) is 6.60. The summed E-state index contributed by atoms with van der Waals surface area (Å²) in [5, 5.41) is 3.03. The summed E-state index contributed by atoms with van der Waals surface area (Å²) < 4.78 is 7.53. The first-order valence-corrected chi connectivity index (χ1v) is 8.43. The van der Waals surface area contributed by atoms with Gasteiger partial charge in [-0.1, -0.05) is 13.0 Å². The van der Waals surface area contributed by atoms with E-state index in [9.17, 15) is 4.79 Å². The summed E-state index contributed by atoms with van der Waals surface area (Å²) in [6.45, 7) is 5.02. The third kappa shape index (κ3) is 2.89. The predicted molar refractivity (Wildman–Crippen MR) is 90.6 cm³/mol. The van der Waals surface area contributed by atoms with Crippen LogP contribution in [0, 0.1) is 5.92 Å². The normalized spacial score (nSPS) is 23.1. The highest BCUT2D eigenvalue weighted by molar-refractivity contribution is 5.89. The maximum atomic E-state index is 12.6. The second-order valence-corrected chi connectivity index (χ2v) is 6.70. The van der Waals surface area contributed by atoms with Gasteiger partial charge in [0.25, 0.3) is 0 Å². The molecule has 0 aliphatic carbocycles. The van der Waals surface area contributed by atoms with Crippen LogP contribution in [0.1, 0.15) is 30.5 Å². The number of nitrogens with one attached hydrogen (secondary N) is 1. The summed E-state index contributed by atoms with van der Waals surface area (Å²) in [5.74, 6) is 0.528. The molecule has 24 heavy (non-hydrogen) atoms. The van der Waals surface area contributed by atoms with Gasteiger partial charge in [-0.2, -0.15) is 0 Å². The lowest BCUT2D eigenvalue weighted by Crippen LogP contribution is -2.45. The molecule has 2 amide bonds. The molecule has 2 aliphatic heterocycles. The molecule has 4 rings (SSSR count). The molecule has 3 heterocycles. The van der Waals surface area contributed by atoms with Gasteiger partial charge in [-0.25, -0.2) is 9.78 Å². The van der Waals surface area contributed by atoms with Crippen LogP contribution in [0.4, 0.5) is 10.5 Å². The molecule has 2 aromatic rings. The summed E-state index contributed by atoms with van der Waals surface area (Å²) in [6, 6.07) is 6.24. The van der Waals surface area contributed by atoms with E-state index in [1.54, 1.807) is 6.20 Å². The number of imidazole rings is 1. The largest absolute Gasteiger partial charge is 0.372 e. The minimum Gasteiger partial charge on any atom is -0.372 e. The molecule has 0 radical (unpaired) electrons. The summed E-state index contributed by atoms with van der Waals surface area (Å²) in [5.41, 5.74) is 3.21. The van der Waals surface area contributed by atoms with Crippen LogP contribution in [-0.2, 0) is 18.0 Å². The lowest BCUT2D eigenvalue weighted by atomic mass is 9.93. The smallest absolute Gasteiger partial charge is 0.321 e. The molecule has 0 bridgehead atoms. The SMILES string of the molecule is C[C@H]1CCN(C(=O)Nc2ccc3c(c2)COC3)C[C@H]1n1ccnc1. The van der Waals surface area contributed by atoms with Gasteiger partial charge in [0.2, 0.25) is 0 Å². The number of carbonyl (C=O) groups excluding carboxylic acids is 1. The quantitative estimate of drug-likeness (QED) is 0.923. The lowest BCUT2D eigenvalue weighted by molar-refractivity contribution is 0.134. The fourth-order valence-electron chi connectivity index (χ4n) is 3.54. The molecule has 2 aliphatic rings. The number of fused-ring (bicyclic) bond motifs is 1. The number of urea groups is 1. The van der Waals surface area contributed by atoms with E-state index in [-0.39, 0.29) is 12.1 Å². The highest BCUT2D eigenvalue weighted by Gasteiger charge is 2.30. The molecule has 1 fully saturated rings. The molecule has 1 N–H and O–H groups in total. The molecule has 126 valence electrons. The number of likely N-dealkylation sites (tertiary alicyclic amines) is 1. The van der Waals surface area contributed by atoms with E-state index in [4.69, 9.17) is 4.74 Å². The Bertz CT molecular complexity index is 729. The Morgan fingerprint density at radius 2 is 2.21 bits per heavy atom. The number of anilines is 1. The Morgan fingerprint density at radius 3 is 3.04 bits per heavy atom. The highest BCUT2D eigenvalue weighted by atomic mass is 16.5. The number of rotatable bonds is 2. The van der Waals surface area contributed by atoms with Crippen LogP contribution in [0.15, 0.2) is 36.9 Å². The molecule has 0 unspecified atom stereocenters. The van der Waals surface area contributed by atoms with Gasteiger partial charge >= 0.3 is 6.03 Å². The van der Waals surface area contributed by atoms with Gasteiger partial charge in [0.05, 0.1) is 25.6 Å². The van der Waals surface area contributed by atoms with Crippen molar-refractivity contribution < 1.29 is 9.53 Å². The zero-order valence-electron chi connectivity index (χ0n) is 13.8. The predicted octanol–water partition coefficient (Wildman–Crippen LogP) is 3.03. The van der Waals surface area contributed by atoms with Crippen LogP contribution >= 0.6 is 0 Å². The average molecular weight is 326 g/mol. The average Bonchev–Trinajstić information content (AvgIpc) is 3.26. The van der Waals surface area contributed by atoms with Gasteiger partial charge in [-0.15, -0.1) is 0 Å². The Hall–Kier alpha value is -2.34. The van der Waals surface area contributed by atoms with Crippen molar-refractivity contribution in [3.63, 3.8) is 0 Å². The second kappa shape index (κ2) is 6.28. The molecule has 0 spiro atoms. The Morgan fingerprint density at radius 1 is 1.33 bits per heavy atom. The lowest BCUT2D eigenvalue weighted by Gasteiger charge is -2.37.